The molecule has 1 aliphatic carbocycles. The molecule has 128 valence electrons. The van der Waals surface area contributed by atoms with Gasteiger partial charge in [-0.05, 0) is 43.0 Å². The van der Waals surface area contributed by atoms with E-state index in [-0.39, 0.29) is 5.91 Å². The Kier molecular flexibility index (Phi) is 4.43. The summed E-state index contributed by atoms with van der Waals surface area (Å²) in [7, 11) is 0. The van der Waals surface area contributed by atoms with Crippen LogP contribution in [-0.2, 0) is 9.53 Å². The quantitative estimate of drug-likeness (QED) is 0.779. The Morgan fingerprint density at radius 2 is 1.96 bits per heavy atom. The molecule has 2 fully saturated rings. The number of amides is 1. The van der Waals surface area contributed by atoms with E-state index >= 15 is 0 Å². The zero-order valence-electron chi connectivity index (χ0n) is 13.8. The van der Waals surface area contributed by atoms with E-state index in [9.17, 15) is 4.79 Å². The summed E-state index contributed by atoms with van der Waals surface area (Å²) in [6.07, 6.45) is 6.84. The monoisotopic (exact) mass is 329 g/mol. The molecular weight excluding hydrogens is 306 g/mol. The van der Waals surface area contributed by atoms with E-state index in [1.165, 1.54) is 0 Å². The zero-order chi connectivity index (χ0) is 16.4. The topological polar surface area (TPSA) is 48.0 Å². The predicted octanol–water partition coefficient (Wildman–Crippen LogP) is 2.50. The highest BCUT2D eigenvalue weighted by Crippen LogP contribution is 2.32. The summed E-state index contributed by atoms with van der Waals surface area (Å²) in [5.41, 5.74) is 0.951. The van der Waals surface area contributed by atoms with Crippen LogP contribution in [0.15, 0.2) is 24.3 Å². The maximum Gasteiger partial charge on any atom is 0.246 e. The molecular formula is C19H23NO4. The second kappa shape index (κ2) is 6.85. The summed E-state index contributed by atoms with van der Waals surface area (Å²) >= 11 is 0. The van der Waals surface area contributed by atoms with E-state index in [4.69, 9.17) is 14.2 Å². The van der Waals surface area contributed by atoms with Gasteiger partial charge in [-0.2, -0.15) is 0 Å². The average Bonchev–Trinajstić information content (AvgIpc) is 3.33. The maximum absolute atomic E-state index is 12.6. The Morgan fingerprint density at radius 1 is 1.12 bits per heavy atom. The van der Waals surface area contributed by atoms with Gasteiger partial charge in [0.1, 0.15) is 13.2 Å². The molecule has 1 atom stereocenters. The van der Waals surface area contributed by atoms with Crippen LogP contribution in [-0.4, -0.2) is 49.8 Å². The lowest BCUT2D eigenvalue weighted by molar-refractivity contribution is -0.127. The molecule has 2 aliphatic heterocycles. The highest BCUT2D eigenvalue weighted by Gasteiger charge is 2.33. The minimum atomic E-state index is 0.0966. The van der Waals surface area contributed by atoms with Gasteiger partial charge in [0.25, 0.3) is 0 Å². The molecule has 24 heavy (non-hydrogen) atoms. The van der Waals surface area contributed by atoms with Crippen molar-refractivity contribution in [3.05, 3.63) is 29.8 Å². The number of carbonyl (C=O) groups is 1. The van der Waals surface area contributed by atoms with Gasteiger partial charge < -0.3 is 19.1 Å². The first-order chi connectivity index (χ1) is 11.8. The van der Waals surface area contributed by atoms with Crippen molar-refractivity contribution in [1.29, 1.82) is 0 Å². The summed E-state index contributed by atoms with van der Waals surface area (Å²) in [6.45, 7) is 3.57. The average molecular weight is 329 g/mol. The molecule has 1 aromatic carbocycles. The van der Waals surface area contributed by atoms with Crippen LogP contribution in [0.4, 0.5) is 0 Å². The summed E-state index contributed by atoms with van der Waals surface area (Å²) in [6, 6.07) is 6.18. The van der Waals surface area contributed by atoms with Crippen molar-refractivity contribution < 1.29 is 19.0 Å². The first-order valence-corrected chi connectivity index (χ1v) is 8.76. The molecule has 0 N–H and O–H groups in total. The molecule has 0 aromatic heterocycles. The number of hydrogen-bond donors (Lipinski definition) is 0. The summed E-state index contributed by atoms with van der Waals surface area (Å²) < 4.78 is 16.5. The first kappa shape index (κ1) is 15.5. The second-order valence-electron chi connectivity index (χ2n) is 6.69. The Labute approximate surface area is 142 Å². The van der Waals surface area contributed by atoms with E-state index in [2.05, 4.69) is 0 Å². The van der Waals surface area contributed by atoms with Crippen LogP contribution in [0, 0.1) is 5.92 Å². The molecule has 0 bridgehead atoms. The molecule has 1 saturated heterocycles. The number of hydrogen-bond acceptors (Lipinski definition) is 4. The molecule has 5 nitrogen and oxygen atoms in total. The van der Waals surface area contributed by atoms with Crippen molar-refractivity contribution in [2.75, 3.05) is 33.0 Å². The summed E-state index contributed by atoms with van der Waals surface area (Å²) in [5, 5.41) is 0. The minimum absolute atomic E-state index is 0.0966. The molecule has 1 unspecified atom stereocenters. The van der Waals surface area contributed by atoms with Gasteiger partial charge in [-0.3, -0.25) is 4.79 Å². The lowest BCUT2D eigenvalue weighted by Crippen LogP contribution is -2.36. The normalized spacial score (nSPS) is 22.8. The molecule has 0 spiro atoms. The van der Waals surface area contributed by atoms with Gasteiger partial charge in [0.2, 0.25) is 5.91 Å². The molecule has 3 aliphatic rings. The molecule has 0 radical (unpaired) electrons. The van der Waals surface area contributed by atoms with E-state index in [0.717, 1.165) is 56.1 Å². The summed E-state index contributed by atoms with van der Waals surface area (Å²) in [4.78, 5) is 14.6. The smallest absolute Gasteiger partial charge is 0.246 e. The van der Waals surface area contributed by atoms with Gasteiger partial charge in [-0.25, -0.2) is 0 Å². The third-order valence-electron chi connectivity index (χ3n) is 4.73. The molecule has 2 heterocycles. The second-order valence-corrected chi connectivity index (χ2v) is 6.69. The van der Waals surface area contributed by atoms with Crippen LogP contribution in [0.25, 0.3) is 6.08 Å². The zero-order valence-corrected chi connectivity index (χ0v) is 13.8. The van der Waals surface area contributed by atoms with Crippen molar-refractivity contribution in [2.45, 2.75) is 25.3 Å². The number of carbonyl (C=O) groups excluding carboxylic acids is 1. The maximum atomic E-state index is 12.6. The highest BCUT2D eigenvalue weighted by molar-refractivity contribution is 5.92. The van der Waals surface area contributed by atoms with Crippen molar-refractivity contribution in [3.8, 4) is 11.5 Å². The lowest BCUT2D eigenvalue weighted by atomic mass is 10.1. The van der Waals surface area contributed by atoms with Crippen LogP contribution >= 0.6 is 0 Å². The number of fused-ring (bicyclic) bond motifs is 1. The van der Waals surface area contributed by atoms with Gasteiger partial charge in [-0.1, -0.05) is 6.07 Å². The predicted molar refractivity (Wildman–Crippen MR) is 90.1 cm³/mol. The third kappa shape index (κ3) is 3.56. The molecule has 1 amide bonds. The Morgan fingerprint density at radius 3 is 2.71 bits per heavy atom. The van der Waals surface area contributed by atoms with E-state index < -0.39 is 0 Å². The molecule has 1 aromatic rings. The van der Waals surface area contributed by atoms with Crippen LogP contribution < -0.4 is 9.47 Å². The van der Waals surface area contributed by atoms with Crippen LogP contribution in [0.1, 0.15) is 24.8 Å². The van der Waals surface area contributed by atoms with Crippen LogP contribution in [0.2, 0.25) is 0 Å². The van der Waals surface area contributed by atoms with Gasteiger partial charge in [0, 0.05) is 31.2 Å². The van der Waals surface area contributed by atoms with E-state index in [0.29, 0.717) is 25.2 Å². The number of benzene rings is 1. The fraction of sp³-hybridized carbons (Fsp3) is 0.526. The van der Waals surface area contributed by atoms with Gasteiger partial charge in [-0.15, -0.1) is 0 Å². The fourth-order valence-electron chi connectivity index (χ4n) is 3.24. The van der Waals surface area contributed by atoms with Gasteiger partial charge >= 0.3 is 0 Å². The van der Waals surface area contributed by atoms with Gasteiger partial charge in [0.05, 0.1) is 6.61 Å². The number of ether oxygens (including phenoxy) is 3. The standard InChI is InChI=1S/C19H23NO4/c21-19(20(16-3-4-16)12-15-7-8-22-13-15)6-2-14-1-5-17-18(11-14)24-10-9-23-17/h1-2,5-6,11,15-16H,3-4,7-10,12-13H2/b6-2+. The minimum Gasteiger partial charge on any atom is -0.486 e. The van der Waals surface area contributed by atoms with E-state index in [1.54, 1.807) is 6.08 Å². The van der Waals surface area contributed by atoms with Crippen molar-refractivity contribution in [3.63, 3.8) is 0 Å². The Hall–Kier alpha value is -2.01. The largest absolute Gasteiger partial charge is 0.486 e. The SMILES string of the molecule is O=C(/C=C/c1ccc2c(c1)OCCO2)N(CC1CCOC1)C1CC1. The summed E-state index contributed by atoms with van der Waals surface area (Å²) in [5.74, 6) is 2.10. The first-order valence-electron chi connectivity index (χ1n) is 8.76. The van der Waals surface area contributed by atoms with Crippen molar-refractivity contribution in [1.82, 2.24) is 4.90 Å². The number of rotatable bonds is 5. The van der Waals surface area contributed by atoms with Crippen molar-refractivity contribution in [2.24, 2.45) is 5.92 Å². The van der Waals surface area contributed by atoms with E-state index in [1.807, 2.05) is 29.2 Å². The highest BCUT2D eigenvalue weighted by atomic mass is 16.6. The fourth-order valence-corrected chi connectivity index (χ4v) is 3.24. The molecule has 1 saturated carbocycles. The molecule has 4 rings (SSSR count). The van der Waals surface area contributed by atoms with Crippen molar-refractivity contribution >= 4 is 12.0 Å². The number of nitrogens with zero attached hydrogens (tertiary/aromatic N) is 1. The Balaban J connectivity index is 1.42. The Bertz CT molecular complexity index is 632. The van der Waals surface area contributed by atoms with Crippen LogP contribution in [0.3, 0.4) is 0 Å². The lowest BCUT2D eigenvalue weighted by Gasteiger charge is -2.23. The van der Waals surface area contributed by atoms with Gasteiger partial charge in [0.15, 0.2) is 11.5 Å². The molecule has 5 heteroatoms. The third-order valence-corrected chi connectivity index (χ3v) is 4.73. The van der Waals surface area contributed by atoms with Crippen LogP contribution in [0.5, 0.6) is 11.5 Å².